The molecule has 3 nitrogen and oxygen atoms in total. The number of carbonyl (C=O) groups excluding carboxylic acids is 1. The van der Waals surface area contributed by atoms with Gasteiger partial charge in [0.2, 0.25) is 5.91 Å². The fourth-order valence-electron chi connectivity index (χ4n) is 2.75. The van der Waals surface area contributed by atoms with Crippen LogP contribution in [0.25, 0.3) is 0 Å². The minimum Gasteiger partial charge on any atom is -0.355 e. The quantitative estimate of drug-likeness (QED) is 0.664. The summed E-state index contributed by atoms with van der Waals surface area (Å²) in [5, 5.41) is 6.41. The van der Waals surface area contributed by atoms with Crippen LogP contribution >= 0.6 is 0 Å². The summed E-state index contributed by atoms with van der Waals surface area (Å²) in [5.74, 6) is 1.49. The van der Waals surface area contributed by atoms with Gasteiger partial charge in [-0.3, -0.25) is 4.79 Å². The topological polar surface area (TPSA) is 41.1 Å². The molecule has 2 atom stereocenters. The fourth-order valence-corrected chi connectivity index (χ4v) is 2.75. The second-order valence-corrected chi connectivity index (χ2v) is 6.44. The highest BCUT2D eigenvalue weighted by Gasteiger charge is 2.26. The molecule has 3 heteroatoms. The first-order valence-electron chi connectivity index (χ1n) is 8.12. The number of hydrogen-bond donors (Lipinski definition) is 2. The van der Waals surface area contributed by atoms with Crippen molar-refractivity contribution in [2.45, 2.75) is 71.8 Å². The van der Waals surface area contributed by atoms with Crippen LogP contribution in [0.15, 0.2) is 0 Å². The van der Waals surface area contributed by atoms with Crippen molar-refractivity contribution < 1.29 is 4.79 Å². The standard InChI is InChI=1S/C16H32N2O/c1-13(2)9-6-4-5-7-11-18-16(19)15-14(3)10-8-12-17-15/h13-15,17H,4-12H2,1-3H3,(H,18,19). The lowest BCUT2D eigenvalue weighted by molar-refractivity contribution is -0.124. The lowest BCUT2D eigenvalue weighted by Gasteiger charge is -2.28. The van der Waals surface area contributed by atoms with Crippen molar-refractivity contribution in [2.24, 2.45) is 11.8 Å². The minimum atomic E-state index is 0.0368. The minimum absolute atomic E-state index is 0.0368. The Hall–Kier alpha value is -0.570. The van der Waals surface area contributed by atoms with E-state index in [9.17, 15) is 4.79 Å². The summed E-state index contributed by atoms with van der Waals surface area (Å²) in [4.78, 5) is 12.0. The van der Waals surface area contributed by atoms with Gasteiger partial charge < -0.3 is 10.6 Å². The molecule has 1 aliphatic rings. The molecule has 1 amide bonds. The van der Waals surface area contributed by atoms with Gasteiger partial charge in [0.15, 0.2) is 0 Å². The highest BCUT2D eigenvalue weighted by molar-refractivity contribution is 5.82. The van der Waals surface area contributed by atoms with E-state index in [2.05, 4.69) is 31.4 Å². The SMILES string of the molecule is CC(C)CCCCCCNC(=O)C1NCCCC1C. The van der Waals surface area contributed by atoms with E-state index in [1.54, 1.807) is 0 Å². The highest BCUT2D eigenvalue weighted by atomic mass is 16.2. The largest absolute Gasteiger partial charge is 0.355 e. The highest BCUT2D eigenvalue weighted by Crippen LogP contribution is 2.15. The summed E-state index contributed by atoms with van der Waals surface area (Å²) in [6, 6.07) is 0.0368. The molecule has 1 saturated heterocycles. The molecule has 0 saturated carbocycles. The van der Waals surface area contributed by atoms with E-state index in [0.29, 0.717) is 5.92 Å². The Balaban J connectivity index is 2.01. The smallest absolute Gasteiger partial charge is 0.237 e. The molecule has 112 valence electrons. The van der Waals surface area contributed by atoms with Crippen molar-refractivity contribution in [3.05, 3.63) is 0 Å². The molecule has 19 heavy (non-hydrogen) atoms. The first-order chi connectivity index (χ1) is 9.11. The van der Waals surface area contributed by atoms with Crippen molar-refractivity contribution in [3.8, 4) is 0 Å². The molecular weight excluding hydrogens is 236 g/mol. The van der Waals surface area contributed by atoms with Crippen molar-refractivity contribution in [2.75, 3.05) is 13.1 Å². The maximum Gasteiger partial charge on any atom is 0.237 e. The van der Waals surface area contributed by atoms with Crippen molar-refractivity contribution in [1.82, 2.24) is 10.6 Å². The number of nitrogens with one attached hydrogen (secondary N) is 2. The van der Waals surface area contributed by atoms with Gasteiger partial charge in [0.1, 0.15) is 0 Å². The van der Waals surface area contributed by atoms with Crippen molar-refractivity contribution in [1.29, 1.82) is 0 Å². The average molecular weight is 268 g/mol. The van der Waals surface area contributed by atoms with Gasteiger partial charge in [-0.05, 0) is 37.6 Å². The van der Waals surface area contributed by atoms with E-state index < -0.39 is 0 Å². The molecular formula is C16H32N2O. The molecule has 2 N–H and O–H groups in total. The van der Waals surface area contributed by atoms with E-state index in [4.69, 9.17) is 0 Å². The first-order valence-corrected chi connectivity index (χ1v) is 8.12. The summed E-state index contributed by atoms with van der Waals surface area (Å²) in [5.41, 5.74) is 0. The molecule has 0 spiro atoms. The Morgan fingerprint density at radius 2 is 2.00 bits per heavy atom. The number of unbranched alkanes of at least 4 members (excludes halogenated alkanes) is 3. The van der Waals surface area contributed by atoms with Gasteiger partial charge in [-0.25, -0.2) is 0 Å². The van der Waals surface area contributed by atoms with Gasteiger partial charge in [-0.15, -0.1) is 0 Å². The Kier molecular flexibility index (Phi) is 8.11. The van der Waals surface area contributed by atoms with E-state index in [1.807, 2.05) is 0 Å². The van der Waals surface area contributed by atoms with Gasteiger partial charge >= 0.3 is 0 Å². The van der Waals surface area contributed by atoms with Crippen LogP contribution in [0.1, 0.15) is 65.7 Å². The van der Waals surface area contributed by atoms with Crippen molar-refractivity contribution in [3.63, 3.8) is 0 Å². The summed E-state index contributed by atoms with van der Waals surface area (Å²) >= 11 is 0. The lowest BCUT2D eigenvalue weighted by atomic mass is 9.92. The lowest BCUT2D eigenvalue weighted by Crippen LogP contribution is -2.51. The zero-order valence-corrected chi connectivity index (χ0v) is 13.0. The Bertz CT molecular complexity index is 253. The van der Waals surface area contributed by atoms with E-state index in [-0.39, 0.29) is 11.9 Å². The predicted molar refractivity (Wildman–Crippen MR) is 81.1 cm³/mol. The third kappa shape index (κ3) is 6.95. The molecule has 1 fully saturated rings. The van der Waals surface area contributed by atoms with Crippen LogP contribution in [-0.4, -0.2) is 25.0 Å². The normalized spacial score (nSPS) is 23.6. The van der Waals surface area contributed by atoms with E-state index in [0.717, 1.165) is 25.4 Å². The number of piperidine rings is 1. The van der Waals surface area contributed by atoms with Crippen molar-refractivity contribution >= 4 is 5.91 Å². The van der Waals surface area contributed by atoms with Crippen LogP contribution < -0.4 is 10.6 Å². The third-order valence-electron chi connectivity index (χ3n) is 4.06. The van der Waals surface area contributed by atoms with Crippen LogP contribution in [0.5, 0.6) is 0 Å². The Morgan fingerprint density at radius 3 is 2.68 bits per heavy atom. The third-order valence-corrected chi connectivity index (χ3v) is 4.06. The monoisotopic (exact) mass is 268 g/mol. The molecule has 1 aliphatic heterocycles. The van der Waals surface area contributed by atoms with Crippen LogP contribution in [0.3, 0.4) is 0 Å². The number of amides is 1. The van der Waals surface area contributed by atoms with Gasteiger partial charge in [0.25, 0.3) is 0 Å². The molecule has 0 aromatic carbocycles. The molecule has 0 aliphatic carbocycles. The predicted octanol–water partition coefficient (Wildman–Crippen LogP) is 3.10. The summed E-state index contributed by atoms with van der Waals surface area (Å²) in [6.45, 7) is 8.54. The van der Waals surface area contributed by atoms with Crippen LogP contribution in [0.2, 0.25) is 0 Å². The second kappa shape index (κ2) is 9.35. The molecule has 0 aromatic heterocycles. The second-order valence-electron chi connectivity index (χ2n) is 6.44. The maximum atomic E-state index is 12.0. The van der Waals surface area contributed by atoms with Gasteiger partial charge in [-0.2, -0.15) is 0 Å². The van der Waals surface area contributed by atoms with Gasteiger partial charge in [0.05, 0.1) is 6.04 Å². The fraction of sp³-hybridized carbons (Fsp3) is 0.938. The van der Waals surface area contributed by atoms with Gasteiger partial charge in [-0.1, -0.05) is 46.5 Å². The van der Waals surface area contributed by atoms with E-state index >= 15 is 0 Å². The summed E-state index contributed by atoms with van der Waals surface area (Å²) in [7, 11) is 0. The molecule has 0 bridgehead atoms. The molecule has 2 unspecified atom stereocenters. The number of hydrogen-bond acceptors (Lipinski definition) is 2. The molecule has 0 radical (unpaired) electrons. The molecule has 1 heterocycles. The number of rotatable bonds is 8. The molecule has 0 aromatic rings. The summed E-state index contributed by atoms with van der Waals surface area (Å²) in [6.07, 6.45) is 8.67. The van der Waals surface area contributed by atoms with E-state index in [1.165, 1.54) is 38.5 Å². The van der Waals surface area contributed by atoms with Gasteiger partial charge in [0, 0.05) is 6.54 Å². The van der Waals surface area contributed by atoms with Crippen LogP contribution in [0.4, 0.5) is 0 Å². The number of carbonyl (C=O) groups is 1. The average Bonchev–Trinajstić information content (AvgIpc) is 2.37. The molecule has 1 rings (SSSR count). The Morgan fingerprint density at radius 1 is 1.26 bits per heavy atom. The zero-order chi connectivity index (χ0) is 14.1. The first kappa shape index (κ1) is 16.5. The zero-order valence-electron chi connectivity index (χ0n) is 13.0. The maximum absolute atomic E-state index is 12.0. The van der Waals surface area contributed by atoms with Crippen LogP contribution in [-0.2, 0) is 4.79 Å². The van der Waals surface area contributed by atoms with Crippen LogP contribution in [0, 0.1) is 11.8 Å². The Labute approximate surface area is 118 Å². The summed E-state index contributed by atoms with van der Waals surface area (Å²) < 4.78 is 0.